The fourth-order valence-corrected chi connectivity index (χ4v) is 17.2. The van der Waals surface area contributed by atoms with Gasteiger partial charge < -0.3 is 14.7 Å². The summed E-state index contributed by atoms with van der Waals surface area (Å²) in [7, 11) is 0. The Kier molecular flexibility index (Phi) is 10.6. The third kappa shape index (κ3) is 6.23. The van der Waals surface area contributed by atoms with Crippen LogP contribution < -0.4 is 0 Å². The van der Waals surface area contributed by atoms with Gasteiger partial charge in [-0.15, -0.1) is 0 Å². The number of ether oxygens (including phenoxy) is 1. The minimum atomic E-state index is -0.718. The lowest BCUT2D eigenvalue weighted by atomic mass is 9.45. The van der Waals surface area contributed by atoms with E-state index in [2.05, 4.69) is 79.4 Å². The fourth-order valence-electron chi connectivity index (χ4n) is 17.2. The van der Waals surface area contributed by atoms with Gasteiger partial charge in [-0.05, 0) is 211 Å². The third-order valence-corrected chi connectivity index (χ3v) is 20.0. The number of allylic oxidation sites excluding steroid dienone is 2. The Labute approximate surface area is 339 Å². The second-order valence-electron chi connectivity index (χ2n) is 22.7. The Hall–Kier alpha value is -2.11. The first-order valence-corrected chi connectivity index (χ1v) is 23.6. The van der Waals surface area contributed by atoms with Crippen molar-refractivity contribution in [1.82, 2.24) is 4.90 Å². The lowest BCUT2D eigenvalue weighted by Crippen LogP contribution is -2.54. The van der Waals surface area contributed by atoms with Crippen molar-refractivity contribution in [2.45, 2.75) is 177 Å². The molecule has 8 aliphatic carbocycles. The van der Waals surface area contributed by atoms with E-state index in [-0.39, 0.29) is 40.2 Å². The molecule has 6 saturated carbocycles. The molecule has 0 bridgehead atoms. The van der Waals surface area contributed by atoms with E-state index in [9.17, 15) is 19.5 Å². The predicted octanol–water partition coefficient (Wildman–Crippen LogP) is 11.3. The molecule has 0 aromatic carbocycles. The number of aliphatic carboxylic acids is 1. The van der Waals surface area contributed by atoms with Crippen molar-refractivity contribution in [2.24, 2.45) is 86.8 Å². The van der Waals surface area contributed by atoms with Gasteiger partial charge in [-0.3, -0.25) is 4.79 Å². The summed E-state index contributed by atoms with van der Waals surface area (Å²) in [5.41, 5.74) is 2.43. The molecule has 0 heterocycles. The molecule has 0 spiro atoms. The van der Waals surface area contributed by atoms with Gasteiger partial charge >= 0.3 is 11.9 Å². The molecule has 6 nitrogen and oxygen atoms in total. The summed E-state index contributed by atoms with van der Waals surface area (Å²) < 4.78 is 6.28. The second-order valence-corrected chi connectivity index (χ2v) is 22.7. The average Bonchev–Trinajstić information content (AvgIpc) is 3.69. The monoisotopic (exact) mass is 772 g/mol. The first kappa shape index (κ1) is 40.7. The molecule has 6 heteroatoms. The summed E-state index contributed by atoms with van der Waals surface area (Å²) >= 11 is 0. The summed E-state index contributed by atoms with van der Waals surface area (Å²) in [6, 6.07) is 0.472. The molecule has 1 N–H and O–H groups in total. The molecule has 312 valence electrons. The minimum Gasteiger partial charge on any atom is -0.478 e. The van der Waals surface area contributed by atoms with Crippen molar-refractivity contribution in [3.05, 3.63) is 23.3 Å². The smallest absolute Gasteiger partial charge is 0.333 e. The number of carboxylic acid groups (broad SMARTS) is 1. The summed E-state index contributed by atoms with van der Waals surface area (Å²) in [6.45, 7) is 21.6. The van der Waals surface area contributed by atoms with Crippen LogP contribution in [0, 0.1) is 86.8 Å². The van der Waals surface area contributed by atoms with E-state index >= 15 is 0 Å². The van der Waals surface area contributed by atoms with Gasteiger partial charge in [-0.2, -0.15) is 0 Å². The SMILES string of the molecule is CC(C)N(C(=O)[C@@H]1CCC2C3CCC4C=C(C(=O)OC[C@@H](C)[C@H]5CC[C@H]6[C@@H]7CC[C@H]8C=C(C(=O)O)CC[C@]8(C)[C@H]7CC[C@]56C)CC[C@]4(C)C3CC[C@@]21C)C(C)C. The number of rotatable bonds is 8. The summed E-state index contributed by atoms with van der Waals surface area (Å²) in [5, 5.41) is 9.70. The number of fused-ring (bicyclic) bond motifs is 10. The van der Waals surface area contributed by atoms with Crippen LogP contribution in [-0.2, 0) is 19.1 Å². The zero-order valence-corrected chi connectivity index (χ0v) is 36.7. The molecule has 1 amide bonds. The van der Waals surface area contributed by atoms with Crippen LogP contribution in [0.4, 0.5) is 0 Å². The molecule has 0 aromatic heterocycles. The number of amides is 1. The van der Waals surface area contributed by atoms with E-state index in [1.807, 2.05) is 0 Å². The predicted molar refractivity (Wildman–Crippen MR) is 222 cm³/mol. The van der Waals surface area contributed by atoms with Gasteiger partial charge in [-0.25, -0.2) is 9.59 Å². The van der Waals surface area contributed by atoms with Gasteiger partial charge in [0.2, 0.25) is 5.91 Å². The van der Waals surface area contributed by atoms with Crippen LogP contribution in [-0.4, -0.2) is 46.5 Å². The second kappa shape index (κ2) is 14.6. The van der Waals surface area contributed by atoms with Crippen molar-refractivity contribution in [3.63, 3.8) is 0 Å². The van der Waals surface area contributed by atoms with Crippen molar-refractivity contribution < 1.29 is 24.2 Å². The molecule has 0 saturated heterocycles. The topological polar surface area (TPSA) is 83.9 Å². The number of hydrogen-bond donors (Lipinski definition) is 1. The number of esters is 1. The Bertz CT molecular complexity index is 1620. The van der Waals surface area contributed by atoms with E-state index in [0.717, 1.165) is 68.8 Å². The third-order valence-electron chi connectivity index (χ3n) is 20.0. The number of carbonyl (C=O) groups excluding carboxylic acids is 2. The molecule has 4 unspecified atom stereocenters. The highest BCUT2D eigenvalue weighted by Gasteiger charge is 2.63. The maximum atomic E-state index is 14.1. The molecule has 0 aliphatic heterocycles. The Morgan fingerprint density at radius 1 is 0.643 bits per heavy atom. The van der Waals surface area contributed by atoms with Crippen molar-refractivity contribution in [3.8, 4) is 0 Å². The molecular formula is C50H77NO5. The zero-order valence-electron chi connectivity index (χ0n) is 36.7. The van der Waals surface area contributed by atoms with Crippen molar-refractivity contribution >= 4 is 17.8 Å². The van der Waals surface area contributed by atoms with E-state index < -0.39 is 5.97 Å². The molecular weight excluding hydrogens is 695 g/mol. The van der Waals surface area contributed by atoms with Gasteiger partial charge in [0.25, 0.3) is 0 Å². The van der Waals surface area contributed by atoms with Crippen LogP contribution in [0.2, 0.25) is 0 Å². The molecule has 6 fully saturated rings. The largest absolute Gasteiger partial charge is 0.478 e. The van der Waals surface area contributed by atoms with Crippen LogP contribution in [0.5, 0.6) is 0 Å². The molecule has 0 radical (unpaired) electrons. The van der Waals surface area contributed by atoms with Crippen LogP contribution in [0.15, 0.2) is 23.3 Å². The van der Waals surface area contributed by atoms with Crippen molar-refractivity contribution in [2.75, 3.05) is 6.61 Å². The molecule has 0 aromatic rings. The maximum Gasteiger partial charge on any atom is 0.333 e. The van der Waals surface area contributed by atoms with Crippen LogP contribution in [0.25, 0.3) is 0 Å². The van der Waals surface area contributed by atoms with E-state index in [0.29, 0.717) is 70.8 Å². The highest BCUT2D eigenvalue weighted by molar-refractivity contribution is 5.88. The van der Waals surface area contributed by atoms with E-state index in [1.54, 1.807) is 0 Å². The summed E-state index contributed by atoms with van der Waals surface area (Å²) in [5.74, 6) is 5.71. The standard InChI is InChI=1S/C50H77NO5/c1-29(2)51(30(3)4)44(52)43-17-16-40-37-13-11-35-27-33(19-23-48(35,7)42(37)21-25-50(40,43)9)46(55)56-28-31(5)38-14-15-39-36-12-10-34-26-32(45(53)54)18-22-47(34,6)41(36)20-24-49(38,39)8/h26-27,29-31,34-43H,10-25,28H2,1-9H3,(H,53,54)/t31-,34+,35?,36+,37?,38-,39+,40?,41+,42?,43+,47+,48+,49-,50+/m1/s1. The van der Waals surface area contributed by atoms with Gasteiger partial charge in [0.15, 0.2) is 0 Å². The van der Waals surface area contributed by atoms with Crippen LogP contribution >= 0.6 is 0 Å². The lowest BCUT2D eigenvalue weighted by molar-refractivity contribution is -0.148. The van der Waals surface area contributed by atoms with E-state index in [4.69, 9.17) is 4.74 Å². The molecule has 8 rings (SSSR count). The summed E-state index contributed by atoms with van der Waals surface area (Å²) in [4.78, 5) is 41.9. The van der Waals surface area contributed by atoms with Gasteiger partial charge in [-0.1, -0.05) is 46.8 Å². The summed E-state index contributed by atoms with van der Waals surface area (Å²) in [6.07, 6.45) is 22.5. The first-order chi connectivity index (χ1) is 26.4. The number of hydrogen-bond acceptors (Lipinski definition) is 4. The normalized spacial score (nSPS) is 45.9. The molecule has 56 heavy (non-hydrogen) atoms. The first-order valence-electron chi connectivity index (χ1n) is 23.6. The molecule has 8 aliphatic rings. The Balaban J connectivity index is 0.882. The fraction of sp³-hybridized carbons (Fsp3) is 0.860. The maximum absolute atomic E-state index is 14.1. The molecule has 15 atom stereocenters. The number of nitrogens with zero attached hydrogens (tertiary/aromatic N) is 1. The van der Waals surface area contributed by atoms with Crippen LogP contribution in [0.3, 0.4) is 0 Å². The zero-order chi connectivity index (χ0) is 40.1. The highest BCUT2D eigenvalue weighted by atomic mass is 16.5. The number of carboxylic acids is 1. The van der Waals surface area contributed by atoms with Crippen LogP contribution in [0.1, 0.15) is 165 Å². The Morgan fingerprint density at radius 3 is 1.71 bits per heavy atom. The minimum absolute atomic E-state index is 0.0602. The van der Waals surface area contributed by atoms with Crippen molar-refractivity contribution in [1.29, 1.82) is 0 Å². The van der Waals surface area contributed by atoms with Gasteiger partial charge in [0, 0.05) is 29.1 Å². The quantitative estimate of drug-likeness (QED) is 0.248. The van der Waals surface area contributed by atoms with E-state index in [1.165, 1.54) is 51.4 Å². The Morgan fingerprint density at radius 2 is 1.14 bits per heavy atom. The average molecular weight is 772 g/mol. The van der Waals surface area contributed by atoms with Gasteiger partial charge in [0.1, 0.15) is 0 Å². The number of carbonyl (C=O) groups is 3. The van der Waals surface area contributed by atoms with Gasteiger partial charge in [0.05, 0.1) is 6.61 Å². The highest BCUT2D eigenvalue weighted by Crippen LogP contribution is 2.69. The lowest BCUT2D eigenvalue weighted by Gasteiger charge is -2.60.